The van der Waals surface area contributed by atoms with E-state index >= 15 is 0 Å². The van der Waals surface area contributed by atoms with Crippen molar-refractivity contribution in [1.82, 2.24) is 15.1 Å². The molecule has 0 spiro atoms. The first kappa shape index (κ1) is 21.6. The van der Waals surface area contributed by atoms with E-state index in [0.29, 0.717) is 31.3 Å². The van der Waals surface area contributed by atoms with Crippen LogP contribution in [-0.2, 0) is 9.59 Å². The number of likely N-dealkylation sites (tertiary alicyclic amines) is 2. The fraction of sp³-hybridized carbons (Fsp3) is 0.909. The number of nitrogens with one attached hydrogen (secondary N) is 1. The van der Waals surface area contributed by atoms with Crippen molar-refractivity contribution in [2.24, 2.45) is 5.92 Å². The Balaban J connectivity index is 1.50. The molecule has 3 rings (SSSR count). The van der Waals surface area contributed by atoms with Crippen molar-refractivity contribution in [2.45, 2.75) is 102 Å². The maximum Gasteiger partial charge on any atom is 0.237 e. The van der Waals surface area contributed by atoms with Crippen molar-refractivity contribution in [1.29, 1.82) is 0 Å². The summed E-state index contributed by atoms with van der Waals surface area (Å²) in [7, 11) is 0. The number of carbonyl (C=O) groups excluding carboxylic acids is 2. The minimum atomic E-state index is -0.423. The summed E-state index contributed by atoms with van der Waals surface area (Å²) in [5.74, 6) is 0.912. The Morgan fingerprint density at radius 1 is 1.07 bits per heavy atom. The van der Waals surface area contributed by atoms with Crippen LogP contribution in [0.3, 0.4) is 0 Å². The zero-order valence-electron chi connectivity index (χ0n) is 17.7. The molecular formula is C22H39N3O3. The van der Waals surface area contributed by atoms with Gasteiger partial charge in [0.25, 0.3) is 0 Å². The Morgan fingerprint density at radius 2 is 1.75 bits per heavy atom. The number of aliphatic hydroxyl groups excluding tert-OH is 1. The number of carbonyl (C=O) groups is 2. The SMILES string of the molecule is CC(C)CCC(=O)N1CCC(N2C[C@H](O)C[C@H]2C(=O)NC2CCCCC2)CC1. The third-order valence-corrected chi connectivity index (χ3v) is 6.79. The van der Waals surface area contributed by atoms with Gasteiger partial charge in [-0.05, 0) is 44.4 Å². The van der Waals surface area contributed by atoms with Crippen molar-refractivity contribution in [3.05, 3.63) is 0 Å². The monoisotopic (exact) mass is 393 g/mol. The lowest BCUT2D eigenvalue weighted by Crippen LogP contribution is -2.53. The largest absolute Gasteiger partial charge is 0.392 e. The van der Waals surface area contributed by atoms with Crippen LogP contribution >= 0.6 is 0 Å². The van der Waals surface area contributed by atoms with Crippen molar-refractivity contribution < 1.29 is 14.7 Å². The number of aliphatic hydroxyl groups is 1. The van der Waals surface area contributed by atoms with Crippen molar-refractivity contribution >= 4 is 11.8 Å². The van der Waals surface area contributed by atoms with Crippen molar-refractivity contribution in [3.63, 3.8) is 0 Å². The molecule has 1 saturated carbocycles. The number of hydrogen-bond acceptors (Lipinski definition) is 4. The highest BCUT2D eigenvalue weighted by atomic mass is 16.3. The standard InChI is InChI=1S/C22H39N3O3/c1-16(2)8-9-21(27)24-12-10-18(11-13-24)25-15-19(26)14-20(25)22(28)23-17-6-4-3-5-7-17/h16-20,26H,3-15H2,1-2H3,(H,23,28)/t19-,20+/m1/s1. The molecule has 2 heterocycles. The summed E-state index contributed by atoms with van der Waals surface area (Å²) in [6.07, 6.45) is 9.32. The van der Waals surface area contributed by atoms with Gasteiger partial charge in [-0.15, -0.1) is 0 Å². The molecule has 3 fully saturated rings. The molecule has 0 radical (unpaired) electrons. The predicted octanol–water partition coefficient (Wildman–Crippen LogP) is 2.30. The molecular weight excluding hydrogens is 354 g/mol. The summed E-state index contributed by atoms with van der Waals surface area (Å²) in [5.41, 5.74) is 0. The zero-order valence-corrected chi connectivity index (χ0v) is 17.7. The molecule has 2 atom stereocenters. The summed E-state index contributed by atoms with van der Waals surface area (Å²) in [6, 6.07) is 0.375. The van der Waals surface area contributed by atoms with E-state index in [-0.39, 0.29) is 23.9 Å². The first-order chi connectivity index (χ1) is 13.4. The molecule has 28 heavy (non-hydrogen) atoms. The molecule has 1 aliphatic carbocycles. The fourth-order valence-corrected chi connectivity index (χ4v) is 5.06. The number of rotatable bonds is 6. The molecule has 6 heteroatoms. The third-order valence-electron chi connectivity index (χ3n) is 6.79. The van der Waals surface area contributed by atoms with E-state index in [2.05, 4.69) is 24.1 Å². The van der Waals surface area contributed by atoms with Gasteiger partial charge in [-0.2, -0.15) is 0 Å². The van der Waals surface area contributed by atoms with Crippen LogP contribution in [0.15, 0.2) is 0 Å². The first-order valence-electron chi connectivity index (χ1n) is 11.5. The highest BCUT2D eigenvalue weighted by Gasteiger charge is 2.41. The number of hydrogen-bond donors (Lipinski definition) is 2. The minimum absolute atomic E-state index is 0.0962. The van der Waals surface area contributed by atoms with E-state index < -0.39 is 6.10 Å². The van der Waals surface area contributed by atoms with Gasteiger partial charge in [-0.3, -0.25) is 14.5 Å². The van der Waals surface area contributed by atoms with Crippen LogP contribution in [0.25, 0.3) is 0 Å². The molecule has 0 aromatic heterocycles. The lowest BCUT2D eigenvalue weighted by Gasteiger charge is -2.39. The van der Waals surface area contributed by atoms with E-state index in [4.69, 9.17) is 0 Å². The average Bonchev–Trinajstić information content (AvgIpc) is 3.09. The maximum atomic E-state index is 12.9. The van der Waals surface area contributed by atoms with E-state index in [0.717, 1.165) is 45.2 Å². The molecule has 3 aliphatic rings. The van der Waals surface area contributed by atoms with Gasteiger partial charge in [0.15, 0.2) is 0 Å². The van der Waals surface area contributed by atoms with Crippen LogP contribution in [0.4, 0.5) is 0 Å². The van der Waals surface area contributed by atoms with Crippen LogP contribution in [0, 0.1) is 5.92 Å². The van der Waals surface area contributed by atoms with Crippen LogP contribution < -0.4 is 5.32 Å². The molecule has 0 unspecified atom stereocenters. The van der Waals surface area contributed by atoms with Gasteiger partial charge in [0, 0.05) is 38.1 Å². The number of piperidine rings is 1. The minimum Gasteiger partial charge on any atom is -0.392 e. The molecule has 0 aromatic rings. The molecule has 2 amide bonds. The van der Waals surface area contributed by atoms with E-state index in [9.17, 15) is 14.7 Å². The van der Waals surface area contributed by atoms with Gasteiger partial charge in [0.05, 0.1) is 12.1 Å². The smallest absolute Gasteiger partial charge is 0.237 e. The second-order valence-electron chi connectivity index (χ2n) is 9.49. The fourth-order valence-electron chi connectivity index (χ4n) is 5.06. The molecule has 2 saturated heterocycles. The highest BCUT2D eigenvalue weighted by molar-refractivity contribution is 5.82. The quantitative estimate of drug-likeness (QED) is 0.726. The van der Waals surface area contributed by atoms with Crippen LogP contribution in [0.2, 0.25) is 0 Å². The Kier molecular flexibility index (Phi) is 7.75. The molecule has 0 bridgehead atoms. The summed E-state index contributed by atoms with van der Waals surface area (Å²) < 4.78 is 0. The van der Waals surface area contributed by atoms with Crippen LogP contribution in [-0.4, -0.2) is 70.6 Å². The molecule has 2 aliphatic heterocycles. The predicted molar refractivity (Wildman–Crippen MR) is 110 cm³/mol. The number of nitrogens with zero attached hydrogens (tertiary/aromatic N) is 2. The van der Waals surface area contributed by atoms with Crippen LogP contribution in [0.1, 0.15) is 78.1 Å². The van der Waals surface area contributed by atoms with Crippen LogP contribution in [0.5, 0.6) is 0 Å². The summed E-state index contributed by atoms with van der Waals surface area (Å²) in [6.45, 7) is 6.42. The summed E-state index contributed by atoms with van der Waals surface area (Å²) >= 11 is 0. The average molecular weight is 394 g/mol. The zero-order chi connectivity index (χ0) is 20.1. The summed E-state index contributed by atoms with van der Waals surface area (Å²) in [5, 5.41) is 13.5. The second-order valence-corrected chi connectivity index (χ2v) is 9.49. The molecule has 6 nitrogen and oxygen atoms in total. The Bertz CT molecular complexity index is 525. The number of β-amino-alcohol motifs (C(OH)–C–C–N with tert-alkyl or cyclic N) is 1. The lowest BCUT2D eigenvalue weighted by molar-refractivity contribution is -0.134. The van der Waals surface area contributed by atoms with Gasteiger partial charge >= 0.3 is 0 Å². The Morgan fingerprint density at radius 3 is 2.39 bits per heavy atom. The molecule has 160 valence electrons. The Hall–Kier alpha value is -1.14. The van der Waals surface area contributed by atoms with Gasteiger partial charge in [0.1, 0.15) is 0 Å². The third kappa shape index (κ3) is 5.69. The summed E-state index contributed by atoms with van der Waals surface area (Å²) in [4.78, 5) is 29.5. The first-order valence-corrected chi connectivity index (χ1v) is 11.5. The number of amides is 2. The van der Waals surface area contributed by atoms with Crippen molar-refractivity contribution in [3.8, 4) is 0 Å². The normalized spacial score (nSPS) is 28.1. The second kappa shape index (κ2) is 10.1. The van der Waals surface area contributed by atoms with E-state index in [1.807, 2.05) is 4.90 Å². The molecule has 2 N–H and O–H groups in total. The van der Waals surface area contributed by atoms with E-state index in [1.165, 1.54) is 19.3 Å². The lowest BCUT2D eigenvalue weighted by atomic mass is 9.95. The van der Waals surface area contributed by atoms with Gasteiger partial charge in [-0.25, -0.2) is 0 Å². The maximum absolute atomic E-state index is 12.9. The highest BCUT2D eigenvalue weighted by Crippen LogP contribution is 2.28. The molecule has 0 aromatic carbocycles. The van der Waals surface area contributed by atoms with Gasteiger partial charge in [0.2, 0.25) is 11.8 Å². The Labute approximate surface area is 170 Å². The van der Waals surface area contributed by atoms with Gasteiger partial charge in [-0.1, -0.05) is 33.1 Å². The van der Waals surface area contributed by atoms with Crippen molar-refractivity contribution in [2.75, 3.05) is 19.6 Å². The van der Waals surface area contributed by atoms with E-state index in [1.54, 1.807) is 0 Å². The van der Waals surface area contributed by atoms with Gasteiger partial charge < -0.3 is 15.3 Å². The topological polar surface area (TPSA) is 72.9 Å².